The quantitative estimate of drug-likeness (QED) is 0.252. The number of benzene rings is 1. The summed E-state index contributed by atoms with van der Waals surface area (Å²) in [5, 5.41) is 6.18. The van der Waals surface area contributed by atoms with Gasteiger partial charge in [0, 0.05) is 62.3 Å². The number of halogens is 1. The smallest absolute Gasteiger partial charge is 0.377 e. The summed E-state index contributed by atoms with van der Waals surface area (Å²) < 4.78 is 25.5. The van der Waals surface area contributed by atoms with Gasteiger partial charge in [0.1, 0.15) is 11.4 Å². The Kier molecular flexibility index (Phi) is 8.01. The second-order valence-electron chi connectivity index (χ2n) is 14.3. The van der Waals surface area contributed by atoms with Crippen LogP contribution in [-0.4, -0.2) is 73.1 Å². The molecule has 3 aliphatic rings. The monoisotopic (exact) mass is 668 g/mol. The highest BCUT2D eigenvalue weighted by molar-refractivity contribution is 6.05. The zero-order valence-corrected chi connectivity index (χ0v) is 28.0. The van der Waals surface area contributed by atoms with Gasteiger partial charge >= 0.3 is 12.0 Å². The van der Waals surface area contributed by atoms with Crippen molar-refractivity contribution in [2.45, 2.75) is 71.4 Å². The first kappa shape index (κ1) is 32.4. The number of carbonyl (C=O) groups is 3. The van der Waals surface area contributed by atoms with Crippen LogP contribution in [-0.2, 0) is 9.53 Å². The van der Waals surface area contributed by atoms with Crippen LogP contribution in [0.3, 0.4) is 0 Å². The number of nitrogens with zero attached hydrogens (tertiary/aromatic N) is 7. The maximum absolute atomic E-state index is 15.0. The molecule has 5 heterocycles. The third kappa shape index (κ3) is 6.40. The van der Waals surface area contributed by atoms with Crippen molar-refractivity contribution >= 4 is 23.6 Å². The fraction of sp³-hybridized carbons (Fsp3) is 0.429. The summed E-state index contributed by atoms with van der Waals surface area (Å²) in [6.07, 6.45) is 7.42. The van der Waals surface area contributed by atoms with Crippen LogP contribution >= 0.6 is 0 Å². The topological polar surface area (TPSA) is 157 Å². The number of amides is 3. The second kappa shape index (κ2) is 12.1. The van der Waals surface area contributed by atoms with Gasteiger partial charge in [-0.3, -0.25) is 19.9 Å². The molecule has 0 radical (unpaired) electrons. The van der Waals surface area contributed by atoms with E-state index in [1.807, 2.05) is 25.4 Å². The zero-order valence-electron chi connectivity index (χ0n) is 28.0. The van der Waals surface area contributed by atoms with Gasteiger partial charge in [0.25, 0.3) is 0 Å². The molecule has 0 bridgehead atoms. The number of nitrogens with one attached hydrogen (secondary N) is 1. The summed E-state index contributed by atoms with van der Waals surface area (Å²) >= 11 is 0. The number of aromatic nitrogens is 5. The van der Waals surface area contributed by atoms with Gasteiger partial charge in [-0.05, 0) is 76.5 Å². The third-order valence-corrected chi connectivity index (χ3v) is 9.49. The van der Waals surface area contributed by atoms with Gasteiger partial charge in [-0.1, -0.05) is 11.2 Å². The maximum Gasteiger partial charge on any atom is 0.377 e. The van der Waals surface area contributed by atoms with Crippen molar-refractivity contribution < 1.29 is 28.0 Å². The van der Waals surface area contributed by atoms with Crippen LogP contribution in [0.25, 0.3) is 22.9 Å². The summed E-state index contributed by atoms with van der Waals surface area (Å²) in [4.78, 5) is 57.8. The maximum atomic E-state index is 15.0. The van der Waals surface area contributed by atoms with Crippen molar-refractivity contribution in [3.63, 3.8) is 0 Å². The summed E-state index contributed by atoms with van der Waals surface area (Å²) in [6, 6.07) is 6.07. The molecule has 3 fully saturated rings. The molecule has 1 saturated carbocycles. The Morgan fingerprint density at radius 2 is 1.80 bits per heavy atom. The number of anilines is 1. The summed E-state index contributed by atoms with van der Waals surface area (Å²) in [7, 11) is 0. The lowest BCUT2D eigenvalue weighted by molar-refractivity contribution is -0.120. The average Bonchev–Trinajstić information content (AvgIpc) is 3.50. The molecule has 1 aliphatic carbocycles. The molecule has 3 aromatic heterocycles. The Morgan fingerprint density at radius 3 is 2.45 bits per heavy atom. The SMILES string of the molecule is Cc1nc(-c2cc(C(=O)OC(C)(C)C)on2)ncc1-c1ncc(C(C)N2CC3(CC(c4ccc(N5CCC(=O)NC5=O)c(F)c4)C3)C2)cn1. The van der Waals surface area contributed by atoms with Crippen LogP contribution in [0.4, 0.5) is 14.9 Å². The van der Waals surface area contributed by atoms with Crippen LogP contribution in [0.2, 0.25) is 0 Å². The number of aryl methyl sites for hydroxylation is 1. The predicted octanol–water partition coefficient (Wildman–Crippen LogP) is 5.38. The normalized spacial score (nSPS) is 18.5. The van der Waals surface area contributed by atoms with Crippen molar-refractivity contribution in [3.8, 4) is 22.9 Å². The van der Waals surface area contributed by atoms with E-state index < -0.39 is 23.4 Å². The lowest BCUT2D eigenvalue weighted by atomic mass is 9.56. The number of rotatable bonds is 7. The highest BCUT2D eigenvalue weighted by Crippen LogP contribution is 2.57. The number of ether oxygens (including phenoxy) is 1. The summed E-state index contributed by atoms with van der Waals surface area (Å²) in [5.74, 6) is -0.349. The molecule has 4 aromatic rings. The molecule has 1 atom stereocenters. The Balaban J connectivity index is 0.935. The first-order valence-electron chi connectivity index (χ1n) is 16.3. The van der Waals surface area contributed by atoms with E-state index in [0.29, 0.717) is 28.6 Å². The van der Waals surface area contributed by atoms with Crippen LogP contribution in [0, 0.1) is 18.2 Å². The number of imide groups is 1. The highest BCUT2D eigenvalue weighted by Gasteiger charge is 2.53. The fourth-order valence-electron chi connectivity index (χ4n) is 6.88. The van der Waals surface area contributed by atoms with Crippen LogP contribution in [0.15, 0.2) is 47.4 Å². The third-order valence-electron chi connectivity index (χ3n) is 9.49. The Hall–Kier alpha value is -5.11. The molecule has 3 amide bonds. The molecule has 1 N–H and O–H groups in total. The standard InChI is InChI=1S/C35H37FN8O5/c1-19-24(16-39-31(40-19)26-11-28(49-42-26)32(46)48-34(3,4)5)30-37-14-23(15-38-30)20(2)43-17-35(18-43)12-22(13-35)21-6-7-27(25(36)10-21)44-9-8-29(45)41-33(44)47/h6-7,10-11,14-16,20,22H,8-9,12-13,17-18H2,1-5H3,(H,41,45,47). The van der Waals surface area contributed by atoms with E-state index in [2.05, 4.69) is 42.2 Å². The fourth-order valence-corrected chi connectivity index (χ4v) is 6.88. The van der Waals surface area contributed by atoms with Gasteiger partial charge in [0.15, 0.2) is 17.3 Å². The molecule has 2 aliphatic heterocycles. The number of esters is 1. The molecule has 1 unspecified atom stereocenters. The van der Waals surface area contributed by atoms with E-state index in [1.54, 1.807) is 33.0 Å². The van der Waals surface area contributed by atoms with Crippen molar-refractivity contribution in [2.24, 2.45) is 5.41 Å². The molecule has 254 valence electrons. The zero-order chi connectivity index (χ0) is 34.7. The summed E-state index contributed by atoms with van der Waals surface area (Å²) in [6.45, 7) is 11.4. The minimum atomic E-state index is -0.663. The van der Waals surface area contributed by atoms with E-state index >= 15 is 4.39 Å². The van der Waals surface area contributed by atoms with Gasteiger partial charge in [-0.2, -0.15) is 0 Å². The molecule has 1 aromatic carbocycles. The minimum absolute atomic E-state index is 0.0271. The minimum Gasteiger partial charge on any atom is -0.454 e. The molecule has 14 heteroatoms. The molecule has 7 rings (SSSR count). The van der Waals surface area contributed by atoms with Gasteiger partial charge in [0.2, 0.25) is 11.7 Å². The van der Waals surface area contributed by atoms with E-state index in [0.717, 1.165) is 37.1 Å². The van der Waals surface area contributed by atoms with Crippen molar-refractivity contribution in [1.82, 2.24) is 35.3 Å². The lowest BCUT2D eigenvalue weighted by Gasteiger charge is -2.61. The van der Waals surface area contributed by atoms with Crippen LogP contribution < -0.4 is 10.2 Å². The lowest BCUT2D eigenvalue weighted by Crippen LogP contribution is -2.61. The molecule has 2 saturated heterocycles. The molecule has 1 spiro atoms. The van der Waals surface area contributed by atoms with E-state index in [-0.39, 0.29) is 47.7 Å². The molecular weight excluding hydrogens is 631 g/mol. The number of carbonyl (C=O) groups excluding carboxylic acids is 3. The number of hydrogen-bond acceptors (Lipinski definition) is 11. The number of urea groups is 1. The van der Waals surface area contributed by atoms with E-state index in [9.17, 15) is 14.4 Å². The van der Waals surface area contributed by atoms with Gasteiger partial charge < -0.3 is 9.26 Å². The number of hydrogen-bond donors (Lipinski definition) is 1. The molecule has 49 heavy (non-hydrogen) atoms. The average molecular weight is 669 g/mol. The van der Waals surface area contributed by atoms with Gasteiger partial charge in [-0.25, -0.2) is 33.9 Å². The Bertz CT molecular complexity index is 1940. The van der Waals surface area contributed by atoms with Crippen molar-refractivity contribution in [1.29, 1.82) is 0 Å². The van der Waals surface area contributed by atoms with Crippen LogP contribution in [0.5, 0.6) is 0 Å². The van der Waals surface area contributed by atoms with Crippen LogP contribution in [0.1, 0.15) is 86.3 Å². The Morgan fingerprint density at radius 1 is 1.08 bits per heavy atom. The van der Waals surface area contributed by atoms with E-state index in [1.165, 1.54) is 17.0 Å². The summed E-state index contributed by atoms with van der Waals surface area (Å²) in [5.41, 5.74) is 3.35. The first-order valence-corrected chi connectivity index (χ1v) is 16.3. The Labute approximate surface area is 282 Å². The van der Waals surface area contributed by atoms with Gasteiger partial charge in [-0.15, -0.1) is 0 Å². The largest absolute Gasteiger partial charge is 0.454 e. The predicted molar refractivity (Wildman–Crippen MR) is 175 cm³/mol. The molecule has 13 nitrogen and oxygen atoms in total. The first-order chi connectivity index (χ1) is 23.3. The number of likely N-dealkylation sites (tertiary alicyclic amines) is 1. The van der Waals surface area contributed by atoms with Crippen molar-refractivity contribution in [3.05, 3.63) is 71.3 Å². The van der Waals surface area contributed by atoms with Crippen molar-refractivity contribution in [2.75, 3.05) is 24.5 Å². The van der Waals surface area contributed by atoms with Gasteiger partial charge in [0.05, 0.1) is 16.9 Å². The van der Waals surface area contributed by atoms with E-state index in [4.69, 9.17) is 9.26 Å². The molecular formula is C35H37FN8O5. The highest BCUT2D eigenvalue weighted by atomic mass is 19.1. The second-order valence-corrected chi connectivity index (χ2v) is 14.3.